The van der Waals surface area contributed by atoms with Crippen LogP contribution in [-0.2, 0) is 19.1 Å². The van der Waals surface area contributed by atoms with Crippen molar-refractivity contribution in [3.05, 3.63) is 23.8 Å². The summed E-state index contributed by atoms with van der Waals surface area (Å²) in [6, 6.07) is 4.62. The molecule has 10 nitrogen and oxygen atoms in total. The largest absolute Gasteiger partial charge is 0.497 e. The summed E-state index contributed by atoms with van der Waals surface area (Å²) in [4.78, 5) is 42.9. The summed E-state index contributed by atoms with van der Waals surface area (Å²) in [5, 5.41) is 2.62. The van der Waals surface area contributed by atoms with Gasteiger partial charge in [0.1, 0.15) is 34.8 Å². The highest BCUT2D eigenvalue weighted by atomic mass is 16.6. The normalized spacial score (nSPS) is 29.3. The third kappa shape index (κ3) is 5.98. The summed E-state index contributed by atoms with van der Waals surface area (Å²) < 4.78 is 23.9. The fourth-order valence-electron chi connectivity index (χ4n) is 6.90. The van der Waals surface area contributed by atoms with Gasteiger partial charge in [0.2, 0.25) is 11.8 Å². The summed E-state index contributed by atoms with van der Waals surface area (Å²) in [7, 11) is 1.65. The Morgan fingerprint density at radius 2 is 1.90 bits per heavy atom. The Balaban J connectivity index is 1.24. The van der Waals surface area contributed by atoms with Crippen LogP contribution in [0.15, 0.2) is 18.2 Å². The van der Waals surface area contributed by atoms with Gasteiger partial charge in [-0.05, 0) is 79.4 Å². The maximum absolute atomic E-state index is 13.8. The topological polar surface area (TPSA) is 107 Å². The van der Waals surface area contributed by atoms with E-state index in [0.29, 0.717) is 26.1 Å². The van der Waals surface area contributed by atoms with Gasteiger partial charge in [0.05, 0.1) is 19.3 Å². The highest BCUT2D eigenvalue weighted by Gasteiger charge is 2.52. The molecule has 41 heavy (non-hydrogen) atoms. The van der Waals surface area contributed by atoms with Crippen LogP contribution in [0.1, 0.15) is 78.9 Å². The summed E-state index contributed by atoms with van der Waals surface area (Å²) in [6.07, 6.45) is 2.37. The molecule has 0 radical (unpaired) electrons. The minimum absolute atomic E-state index is 0.0162. The molecule has 10 heteroatoms. The van der Waals surface area contributed by atoms with Crippen LogP contribution in [0.25, 0.3) is 0 Å². The third-order valence-corrected chi connectivity index (χ3v) is 8.94. The molecule has 3 fully saturated rings. The number of alkyl carbamates (subject to hydrolysis) is 1. The average Bonchev–Trinajstić information content (AvgIpc) is 3.39. The molecule has 0 spiro atoms. The third-order valence-electron chi connectivity index (χ3n) is 8.94. The van der Waals surface area contributed by atoms with Crippen LogP contribution in [0.4, 0.5) is 4.79 Å². The molecular formula is C31H45N3O7. The summed E-state index contributed by atoms with van der Waals surface area (Å²) in [6.45, 7) is 12.9. The lowest BCUT2D eigenvalue weighted by Crippen LogP contribution is -2.58. The maximum Gasteiger partial charge on any atom is 0.408 e. The standard InChI is InChI=1S/C31H45N3O7/c1-18(32-29(37)41-30(2,3)4)27(35)34-13-8-9-23(34)28(36)33-14-12-24-19(17-33)15-22-26(39-24)21-11-10-20(38-7)16-25(21)40-31(22,5)6/h10-11,16,18-19,22-24,26H,8-9,12-15,17H2,1-7H3,(H,32,37)/t18?,19-,22+,23+,24+,26-/m1/s1. The Morgan fingerprint density at radius 1 is 1.15 bits per heavy atom. The van der Waals surface area contributed by atoms with E-state index in [1.807, 2.05) is 23.1 Å². The minimum Gasteiger partial charge on any atom is -0.497 e. The highest BCUT2D eigenvalue weighted by molar-refractivity contribution is 5.91. The van der Waals surface area contributed by atoms with Gasteiger partial charge in [-0.1, -0.05) is 0 Å². The number of amides is 3. The van der Waals surface area contributed by atoms with Gasteiger partial charge in [-0.2, -0.15) is 0 Å². The number of likely N-dealkylation sites (tertiary alicyclic amines) is 2. The number of hydrogen-bond donors (Lipinski definition) is 1. The number of piperidine rings is 1. The molecule has 1 aromatic carbocycles. The van der Waals surface area contributed by atoms with Crippen molar-refractivity contribution < 1.29 is 33.3 Å². The zero-order valence-electron chi connectivity index (χ0n) is 25.4. The highest BCUT2D eigenvalue weighted by Crippen LogP contribution is 2.53. The van der Waals surface area contributed by atoms with Gasteiger partial charge in [0.25, 0.3) is 0 Å². The smallest absolute Gasteiger partial charge is 0.408 e. The Kier molecular flexibility index (Phi) is 7.91. The quantitative estimate of drug-likeness (QED) is 0.581. The maximum atomic E-state index is 13.8. The second-order valence-corrected chi connectivity index (χ2v) is 13.4. The van der Waals surface area contributed by atoms with E-state index in [2.05, 4.69) is 19.2 Å². The fourth-order valence-corrected chi connectivity index (χ4v) is 6.90. The van der Waals surface area contributed by atoms with E-state index < -0.39 is 29.4 Å². The summed E-state index contributed by atoms with van der Waals surface area (Å²) >= 11 is 0. The van der Waals surface area contributed by atoms with Crippen molar-refractivity contribution in [3.8, 4) is 11.5 Å². The van der Waals surface area contributed by atoms with E-state index in [1.165, 1.54) is 0 Å². The van der Waals surface area contributed by atoms with Crippen molar-refractivity contribution in [1.82, 2.24) is 15.1 Å². The lowest BCUT2D eigenvalue weighted by atomic mass is 9.70. The molecule has 0 aliphatic carbocycles. The first-order valence-electron chi connectivity index (χ1n) is 14.9. The van der Waals surface area contributed by atoms with Crippen molar-refractivity contribution in [3.63, 3.8) is 0 Å². The van der Waals surface area contributed by atoms with Gasteiger partial charge >= 0.3 is 6.09 Å². The molecular weight excluding hydrogens is 526 g/mol. The number of methoxy groups -OCH3 is 1. The number of nitrogens with zero attached hydrogens (tertiary/aromatic N) is 2. The van der Waals surface area contributed by atoms with Gasteiger partial charge in [-0.25, -0.2) is 4.79 Å². The van der Waals surface area contributed by atoms with E-state index in [9.17, 15) is 14.4 Å². The van der Waals surface area contributed by atoms with Crippen molar-refractivity contribution >= 4 is 17.9 Å². The number of carbonyl (C=O) groups is 3. The molecule has 5 rings (SSSR count). The molecule has 3 saturated heterocycles. The van der Waals surface area contributed by atoms with Crippen LogP contribution in [0.3, 0.4) is 0 Å². The van der Waals surface area contributed by atoms with Crippen LogP contribution in [0, 0.1) is 11.8 Å². The van der Waals surface area contributed by atoms with Gasteiger partial charge in [0, 0.05) is 43.1 Å². The second-order valence-electron chi connectivity index (χ2n) is 13.4. The Bertz CT molecular complexity index is 1180. The predicted octanol–water partition coefficient (Wildman–Crippen LogP) is 4.07. The van der Waals surface area contributed by atoms with Crippen molar-refractivity contribution in [1.29, 1.82) is 0 Å². The molecule has 6 atom stereocenters. The Hall–Kier alpha value is -3.01. The fraction of sp³-hybridized carbons (Fsp3) is 0.710. The molecule has 4 aliphatic heterocycles. The molecule has 0 bridgehead atoms. The Morgan fingerprint density at radius 3 is 2.61 bits per heavy atom. The molecule has 1 aromatic rings. The lowest BCUT2D eigenvalue weighted by molar-refractivity contribution is -0.189. The summed E-state index contributed by atoms with van der Waals surface area (Å²) in [5.74, 6) is 1.62. The number of hydrogen-bond acceptors (Lipinski definition) is 7. The van der Waals surface area contributed by atoms with Crippen molar-refractivity contribution in [2.45, 2.75) is 103 Å². The molecule has 1 unspecified atom stereocenters. The van der Waals surface area contributed by atoms with E-state index in [-0.39, 0.29) is 35.9 Å². The van der Waals surface area contributed by atoms with Crippen LogP contribution in [0.5, 0.6) is 11.5 Å². The molecule has 0 saturated carbocycles. The number of fused-ring (bicyclic) bond motifs is 4. The van der Waals surface area contributed by atoms with E-state index in [0.717, 1.165) is 36.3 Å². The van der Waals surface area contributed by atoms with Crippen LogP contribution in [0.2, 0.25) is 0 Å². The van der Waals surface area contributed by atoms with Crippen LogP contribution in [-0.4, -0.2) is 83.8 Å². The monoisotopic (exact) mass is 571 g/mol. The Labute approximate surface area is 243 Å². The number of ether oxygens (including phenoxy) is 4. The molecule has 4 aliphatic rings. The summed E-state index contributed by atoms with van der Waals surface area (Å²) in [5.41, 5.74) is -0.0433. The van der Waals surface area contributed by atoms with Gasteiger partial charge in [0.15, 0.2) is 0 Å². The van der Waals surface area contributed by atoms with Crippen LogP contribution < -0.4 is 14.8 Å². The van der Waals surface area contributed by atoms with E-state index >= 15 is 0 Å². The van der Waals surface area contributed by atoms with Crippen molar-refractivity contribution in [2.75, 3.05) is 26.7 Å². The second kappa shape index (κ2) is 11.0. The minimum atomic E-state index is -0.788. The lowest BCUT2D eigenvalue weighted by Gasteiger charge is -2.53. The molecule has 3 amide bonds. The molecule has 0 aromatic heterocycles. The average molecular weight is 572 g/mol. The number of carbonyl (C=O) groups excluding carboxylic acids is 3. The van der Waals surface area contributed by atoms with Gasteiger partial charge in [-0.3, -0.25) is 9.59 Å². The SMILES string of the molecule is COc1ccc2c(c1)OC(C)(C)[C@H]1C[C@@H]3CN(C(=O)[C@@H]4CCCN4C(=O)C(C)NC(=O)OC(C)(C)C)CC[C@@H]3O[C@H]21. The first-order chi connectivity index (χ1) is 19.3. The van der Waals surface area contributed by atoms with Crippen molar-refractivity contribution in [2.24, 2.45) is 11.8 Å². The predicted molar refractivity (Wildman–Crippen MR) is 152 cm³/mol. The van der Waals surface area contributed by atoms with E-state index in [4.69, 9.17) is 18.9 Å². The molecule has 226 valence electrons. The van der Waals surface area contributed by atoms with Gasteiger partial charge in [-0.15, -0.1) is 0 Å². The number of rotatable bonds is 4. The number of nitrogens with one attached hydrogen (secondary N) is 1. The zero-order valence-corrected chi connectivity index (χ0v) is 25.4. The first kappa shape index (κ1) is 29.5. The number of benzene rings is 1. The molecule has 1 N–H and O–H groups in total. The molecule has 4 heterocycles. The zero-order chi connectivity index (χ0) is 29.7. The van der Waals surface area contributed by atoms with Gasteiger partial charge < -0.3 is 34.1 Å². The van der Waals surface area contributed by atoms with Crippen LogP contribution >= 0.6 is 0 Å². The van der Waals surface area contributed by atoms with E-state index in [1.54, 1.807) is 39.7 Å². The first-order valence-corrected chi connectivity index (χ1v) is 14.9.